The van der Waals surface area contributed by atoms with Gasteiger partial charge in [-0.05, 0) is 72.6 Å². The highest BCUT2D eigenvalue weighted by molar-refractivity contribution is 6.31. The molecule has 0 bridgehead atoms. The largest absolute Gasteiger partial charge is 0.419 e. The fourth-order valence-electron chi connectivity index (χ4n) is 7.83. The van der Waals surface area contributed by atoms with Crippen molar-refractivity contribution in [3.05, 3.63) is 105 Å². The lowest BCUT2D eigenvalue weighted by Crippen LogP contribution is -2.56. The molecule has 7 rings (SSSR count). The number of aromatic amines is 1. The fraction of sp³-hybridized carbons (Fsp3) is 0.359. The third kappa shape index (κ3) is 7.07. The summed E-state index contributed by atoms with van der Waals surface area (Å²) in [4.78, 5) is 73.8. The molecule has 0 saturated carbocycles. The monoisotopic (exact) mass is 724 g/mol. The molecule has 0 aliphatic carbocycles. The highest BCUT2D eigenvalue weighted by Gasteiger charge is 2.48. The van der Waals surface area contributed by atoms with E-state index < -0.39 is 17.7 Å². The van der Waals surface area contributed by atoms with Gasteiger partial charge in [-0.3, -0.25) is 23.7 Å². The van der Waals surface area contributed by atoms with E-state index in [9.17, 15) is 24.0 Å². The molecule has 4 atom stereocenters. The molecule has 3 unspecified atom stereocenters. The average molecular weight is 725 g/mol. The molecule has 2 aliphatic rings. The minimum Gasteiger partial charge on any atom is -0.408 e. The lowest BCUT2D eigenvalue weighted by atomic mass is 9.79. The van der Waals surface area contributed by atoms with Gasteiger partial charge >= 0.3 is 5.76 Å². The van der Waals surface area contributed by atoms with Crippen LogP contribution in [-0.4, -0.2) is 82.2 Å². The first-order chi connectivity index (χ1) is 25.1. The van der Waals surface area contributed by atoms with Gasteiger partial charge in [0, 0.05) is 68.0 Å². The van der Waals surface area contributed by atoms with Gasteiger partial charge in [0.05, 0.1) is 17.9 Å². The van der Waals surface area contributed by atoms with E-state index in [-0.39, 0.29) is 48.4 Å². The van der Waals surface area contributed by atoms with Gasteiger partial charge in [-0.2, -0.15) is 0 Å². The summed E-state index contributed by atoms with van der Waals surface area (Å²) in [7, 11) is 3.15. The van der Waals surface area contributed by atoms with Crippen LogP contribution in [0.15, 0.2) is 82.1 Å². The van der Waals surface area contributed by atoms with Gasteiger partial charge in [0.1, 0.15) is 6.04 Å². The van der Waals surface area contributed by atoms with Gasteiger partial charge in [0.25, 0.3) is 5.91 Å². The SMILES string of the molecule is CNC(=O)[C@H](CCCc1ccccc1)NC(=O)C1CN(C(=O)Cc2c[nH]c3cc(Cl)ccc23)CC2CN(C(=O)c3ccc4c(c3)oc(=O)n4C)CC21. The minimum absolute atomic E-state index is 0.124. The molecule has 2 aromatic heterocycles. The number of fused-ring (bicyclic) bond motifs is 3. The lowest BCUT2D eigenvalue weighted by molar-refractivity contribution is -0.140. The van der Waals surface area contributed by atoms with Gasteiger partial charge in [-0.1, -0.05) is 48.0 Å². The second-order valence-corrected chi connectivity index (χ2v) is 14.3. The number of likely N-dealkylation sites (tertiary alicyclic amines) is 2. The molecule has 2 fully saturated rings. The van der Waals surface area contributed by atoms with Gasteiger partial charge in [0.2, 0.25) is 17.7 Å². The third-order valence-corrected chi connectivity index (χ3v) is 10.9. The molecule has 270 valence electrons. The standard InChI is InChI=1S/C39H41ClN6O6/c1-41-37(49)31(10-6-9-23-7-4-3-5-8-23)43-36(48)30-22-45(35(47)16-25-18-42-32-17-27(40)12-13-28(25)32)19-26-20-46(21-29(26)30)38(50)24-11-14-33-34(15-24)52-39(51)44(33)2/h3-5,7-8,11-15,17-18,26,29-31,42H,6,9-10,16,19-22H2,1-2H3,(H,41,49)(H,43,48)/t26?,29?,30?,31-/m0/s1. The Morgan fingerprint density at radius 1 is 0.981 bits per heavy atom. The summed E-state index contributed by atoms with van der Waals surface area (Å²) >= 11 is 6.18. The van der Waals surface area contributed by atoms with Crippen molar-refractivity contribution in [1.82, 2.24) is 30.0 Å². The van der Waals surface area contributed by atoms with E-state index in [1.807, 2.05) is 42.5 Å². The van der Waals surface area contributed by atoms with Crippen LogP contribution in [0.4, 0.5) is 0 Å². The Hall–Kier alpha value is -5.36. The summed E-state index contributed by atoms with van der Waals surface area (Å²) in [5, 5.41) is 7.19. The number of nitrogens with zero attached hydrogens (tertiary/aromatic N) is 3. The second-order valence-electron chi connectivity index (χ2n) is 13.9. The molecule has 0 spiro atoms. The number of rotatable bonds is 10. The van der Waals surface area contributed by atoms with E-state index in [1.165, 1.54) is 4.57 Å². The quantitative estimate of drug-likeness (QED) is 0.199. The first-order valence-corrected chi connectivity index (χ1v) is 18.0. The number of oxazole rings is 1. The van der Waals surface area contributed by atoms with Crippen molar-refractivity contribution in [3.63, 3.8) is 0 Å². The Kier molecular flexibility index (Phi) is 9.92. The molecule has 2 aliphatic heterocycles. The summed E-state index contributed by atoms with van der Waals surface area (Å²) in [5.74, 6) is -2.56. The van der Waals surface area contributed by atoms with Crippen LogP contribution in [0.2, 0.25) is 5.02 Å². The highest BCUT2D eigenvalue weighted by Crippen LogP contribution is 2.37. The molecule has 5 aromatic rings. The average Bonchev–Trinajstić information content (AvgIpc) is 3.84. The molecule has 12 nitrogen and oxygen atoms in total. The van der Waals surface area contributed by atoms with Crippen LogP contribution in [0.3, 0.4) is 0 Å². The predicted molar refractivity (Wildman–Crippen MR) is 197 cm³/mol. The maximum atomic E-state index is 14.2. The zero-order valence-corrected chi connectivity index (χ0v) is 29.8. The number of benzene rings is 3. The highest BCUT2D eigenvalue weighted by atomic mass is 35.5. The number of aryl methyl sites for hydroxylation is 2. The molecule has 4 heterocycles. The summed E-state index contributed by atoms with van der Waals surface area (Å²) < 4.78 is 6.70. The van der Waals surface area contributed by atoms with E-state index in [2.05, 4.69) is 15.6 Å². The zero-order valence-electron chi connectivity index (χ0n) is 29.1. The number of carbonyl (C=O) groups excluding carboxylic acids is 4. The molecule has 3 N–H and O–H groups in total. The van der Waals surface area contributed by atoms with Crippen LogP contribution >= 0.6 is 11.6 Å². The lowest BCUT2D eigenvalue weighted by Gasteiger charge is -2.40. The molecule has 3 aromatic carbocycles. The second kappa shape index (κ2) is 14.7. The van der Waals surface area contributed by atoms with Gasteiger partial charge in [-0.25, -0.2) is 4.79 Å². The van der Waals surface area contributed by atoms with Crippen LogP contribution in [0.1, 0.15) is 34.3 Å². The topological polar surface area (TPSA) is 150 Å². The number of aromatic nitrogens is 2. The summed E-state index contributed by atoms with van der Waals surface area (Å²) in [6.07, 6.45) is 3.82. The van der Waals surface area contributed by atoms with E-state index in [0.717, 1.165) is 28.5 Å². The van der Waals surface area contributed by atoms with Crippen molar-refractivity contribution < 1.29 is 23.6 Å². The van der Waals surface area contributed by atoms with E-state index in [4.69, 9.17) is 16.0 Å². The summed E-state index contributed by atoms with van der Waals surface area (Å²) in [6.45, 7) is 1.19. The van der Waals surface area contributed by atoms with Crippen LogP contribution in [0.5, 0.6) is 0 Å². The summed E-state index contributed by atoms with van der Waals surface area (Å²) in [6, 6.07) is 19.6. The Morgan fingerprint density at radius 2 is 1.77 bits per heavy atom. The predicted octanol–water partition coefficient (Wildman–Crippen LogP) is 3.91. The van der Waals surface area contributed by atoms with Crippen molar-refractivity contribution in [1.29, 1.82) is 0 Å². The molecular weight excluding hydrogens is 684 g/mol. The Labute approximate surface area is 305 Å². The number of hydrogen-bond donors (Lipinski definition) is 3. The van der Waals surface area contributed by atoms with Gasteiger partial charge in [-0.15, -0.1) is 0 Å². The molecule has 4 amide bonds. The van der Waals surface area contributed by atoms with Crippen LogP contribution < -0.4 is 16.4 Å². The smallest absolute Gasteiger partial charge is 0.408 e. The van der Waals surface area contributed by atoms with Crippen molar-refractivity contribution in [2.45, 2.75) is 31.7 Å². The molecule has 2 saturated heterocycles. The number of piperidine rings is 1. The van der Waals surface area contributed by atoms with Crippen molar-refractivity contribution in [2.75, 3.05) is 33.2 Å². The Bertz CT molecular complexity index is 2210. The first kappa shape index (κ1) is 35.1. The van der Waals surface area contributed by atoms with E-state index in [1.54, 1.807) is 54.4 Å². The number of carbonyl (C=O) groups is 4. The van der Waals surface area contributed by atoms with Crippen molar-refractivity contribution in [3.8, 4) is 0 Å². The normalized spacial score (nSPS) is 19.1. The molecular formula is C39H41ClN6O6. The van der Waals surface area contributed by atoms with E-state index >= 15 is 0 Å². The number of hydrogen-bond acceptors (Lipinski definition) is 6. The van der Waals surface area contributed by atoms with Gasteiger partial charge in [0.15, 0.2) is 5.58 Å². The van der Waals surface area contributed by atoms with Crippen LogP contribution in [-0.2, 0) is 34.3 Å². The third-order valence-electron chi connectivity index (χ3n) is 10.6. The van der Waals surface area contributed by atoms with Gasteiger partial charge < -0.3 is 29.8 Å². The zero-order chi connectivity index (χ0) is 36.5. The number of nitrogens with one attached hydrogen (secondary N) is 3. The maximum absolute atomic E-state index is 14.2. The number of halogens is 1. The maximum Gasteiger partial charge on any atom is 0.419 e. The molecule has 0 radical (unpaired) electrons. The number of amides is 4. The first-order valence-electron chi connectivity index (χ1n) is 17.6. The molecule has 13 heteroatoms. The van der Waals surface area contributed by atoms with Crippen LogP contribution in [0.25, 0.3) is 22.0 Å². The molecule has 52 heavy (non-hydrogen) atoms. The number of likely N-dealkylation sites (N-methyl/N-ethyl adjacent to an activating group) is 1. The Morgan fingerprint density at radius 3 is 2.56 bits per heavy atom. The fourth-order valence-corrected chi connectivity index (χ4v) is 8.00. The van der Waals surface area contributed by atoms with Crippen LogP contribution in [0, 0.1) is 17.8 Å². The van der Waals surface area contributed by atoms with Crippen molar-refractivity contribution >= 4 is 57.2 Å². The minimum atomic E-state index is -0.754. The summed E-state index contributed by atoms with van der Waals surface area (Å²) in [5.41, 5.74) is 4.07. The Balaban J connectivity index is 1.12. The van der Waals surface area contributed by atoms with E-state index in [0.29, 0.717) is 54.2 Å². The number of H-pyrrole nitrogens is 1. The van der Waals surface area contributed by atoms with Crippen molar-refractivity contribution in [2.24, 2.45) is 24.8 Å².